The summed E-state index contributed by atoms with van der Waals surface area (Å²) in [6, 6.07) is 7.05. The maximum atomic E-state index is 12.0. The summed E-state index contributed by atoms with van der Waals surface area (Å²) in [5.41, 5.74) is 1.11. The number of amides is 1. The van der Waals surface area contributed by atoms with Crippen molar-refractivity contribution in [2.75, 3.05) is 13.1 Å². The Bertz CT molecular complexity index is 417. The minimum Gasteiger partial charge on any atom is -0.508 e. The van der Waals surface area contributed by atoms with E-state index in [1.54, 1.807) is 12.1 Å². The minimum absolute atomic E-state index is 0.0384. The monoisotopic (exact) mass is 262 g/mol. The Morgan fingerprint density at radius 3 is 2.84 bits per heavy atom. The van der Waals surface area contributed by atoms with E-state index in [-0.39, 0.29) is 17.7 Å². The summed E-state index contributed by atoms with van der Waals surface area (Å²) >= 11 is 0. The highest BCUT2D eigenvalue weighted by Gasteiger charge is 2.23. The molecular weight excluding hydrogens is 240 g/mol. The topological polar surface area (TPSA) is 61.4 Å². The second kappa shape index (κ2) is 6.57. The van der Waals surface area contributed by atoms with Crippen molar-refractivity contribution in [2.45, 2.75) is 32.2 Å². The Morgan fingerprint density at radius 1 is 1.42 bits per heavy atom. The number of nitrogens with one attached hydrogen (secondary N) is 2. The Hall–Kier alpha value is -1.55. The molecule has 1 aliphatic heterocycles. The minimum atomic E-state index is -0.0384. The molecule has 0 bridgehead atoms. The normalized spacial score (nSPS) is 23.0. The van der Waals surface area contributed by atoms with Crippen LogP contribution in [0.5, 0.6) is 5.75 Å². The van der Waals surface area contributed by atoms with Crippen LogP contribution in [0.4, 0.5) is 0 Å². The van der Waals surface area contributed by atoms with Gasteiger partial charge in [-0.25, -0.2) is 0 Å². The van der Waals surface area contributed by atoms with E-state index in [1.165, 1.54) is 0 Å². The van der Waals surface area contributed by atoms with E-state index < -0.39 is 0 Å². The standard InChI is InChI=1S/C15H22N2O2/c1-11-6-8-16-14(10-11)15(19)17-9-7-12-2-4-13(18)5-3-12/h2-5,11,14,16,18H,6-10H2,1H3,(H,17,19). The van der Waals surface area contributed by atoms with Gasteiger partial charge in [0.15, 0.2) is 0 Å². The van der Waals surface area contributed by atoms with Gasteiger partial charge in [0.05, 0.1) is 6.04 Å². The van der Waals surface area contributed by atoms with Gasteiger partial charge in [0.2, 0.25) is 5.91 Å². The molecule has 1 aromatic carbocycles. The molecule has 2 atom stereocenters. The first-order chi connectivity index (χ1) is 9.15. The molecule has 3 N–H and O–H groups in total. The third-order valence-corrected chi connectivity index (χ3v) is 3.63. The molecule has 0 aliphatic carbocycles. The van der Waals surface area contributed by atoms with Crippen molar-refractivity contribution in [3.05, 3.63) is 29.8 Å². The van der Waals surface area contributed by atoms with Crippen LogP contribution in [0.1, 0.15) is 25.3 Å². The highest BCUT2D eigenvalue weighted by atomic mass is 16.3. The first-order valence-electron chi connectivity index (χ1n) is 6.94. The fraction of sp³-hybridized carbons (Fsp3) is 0.533. The van der Waals surface area contributed by atoms with E-state index in [0.717, 1.165) is 31.4 Å². The number of hydrogen-bond acceptors (Lipinski definition) is 3. The van der Waals surface area contributed by atoms with Crippen molar-refractivity contribution in [3.8, 4) is 5.75 Å². The van der Waals surface area contributed by atoms with Crippen LogP contribution >= 0.6 is 0 Å². The van der Waals surface area contributed by atoms with Gasteiger partial charge in [0.1, 0.15) is 5.75 Å². The molecule has 0 spiro atoms. The highest BCUT2D eigenvalue weighted by Crippen LogP contribution is 2.15. The zero-order valence-electron chi connectivity index (χ0n) is 11.4. The largest absolute Gasteiger partial charge is 0.508 e. The van der Waals surface area contributed by atoms with Crippen LogP contribution in [-0.2, 0) is 11.2 Å². The van der Waals surface area contributed by atoms with Crippen LogP contribution in [0, 0.1) is 5.92 Å². The average molecular weight is 262 g/mol. The maximum Gasteiger partial charge on any atom is 0.237 e. The number of phenolic OH excluding ortho intramolecular Hbond substituents is 1. The van der Waals surface area contributed by atoms with Gasteiger partial charge in [-0.05, 0) is 49.4 Å². The third kappa shape index (κ3) is 4.24. The van der Waals surface area contributed by atoms with Crippen LogP contribution in [0.25, 0.3) is 0 Å². The third-order valence-electron chi connectivity index (χ3n) is 3.63. The van der Waals surface area contributed by atoms with Crippen LogP contribution < -0.4 is 10.6 Å². The maximum absolute atomic E-state index is 12.0. The molecule has 0 saturated carbocycles. The van der Waals surface area contributed by atoms with Crippen LogP contribution in [0.15, 0.2) is 24.3 Å². The van der Waals surface area contributed by atoms with Gasteiger partial charge in [-0.1, -0.05) is 19.1 Å². The van der Waals surface area contributed by atoms with E-state index in [0.29, 0.717) is 12.5 Å². The van der Waals surface area contributed by atoms with E-state index in [1.807, 2.05) is 12.1 Å². The second-order valence-corrected chi connectivity index (χ2v) is 5.34. The number of aromatic hydroxyl groups is 1. The molecule has 2 unspecified atom stereocenters. The first kappa shape index (κ1) is 13.9. The molecule has 0 radical (unpaired) electrons. The molecule has 2 rings (SSSR count). The Labute approximate surface area is 114 Å². The van der Waals surface area contributed by atoms with Gasteiger partial charge in [0.25, 0.3) is 0 Å². The quantitative estimate of drug-likeness (QED) is 0.769. The fourth-order valence-corrected chi connectivity index (χ4v) is 2.42. The first-order valence-corrected chi connectivity index (χ1v) is 6.94. The Balaban J connectivity index is 1.73. The summed E-state index contributed by atoms with van der Waals surface area (Å²) in [4.78, 5) is 12.0. The van der Waals surface area contributed by atoms with E-state index in [4.69, 9.17) is 0 Å². The van der Waals surface area contributed by atoms with Gasteiger partial charge in [-0.2, -0.15) is 0 Å². The summed E-state index contributed by atoms with van der Waals surface area (Å²) in [5.74, 6) is 0.993. The van der Waals surface area contributed by atoms with Gasteiger partial charge in [-0.3, -0.25) is 4.79 Å². The van der Waals surface area contributed by atoms with Crippen LogP contribution in [0.2, 0.25) is 0 Å². The number of benzene rings is 1. The van der Waals surface area contributed by atoms with Crippen molar-refractivity contribution in [2.24, 2.45) is 5.92 Å². The smallest absolute Gasteiger partial charge is 0.237 e. The van der Waals surface area contributed by atoms with E-state index >= 15 is 0 Å². The molecule has 1 fully saturated rings. The zero-order chi connectivity index (χ0) is 13.7. The number of rotatable bonds is 4. The Kier molecular flexibility index (Phi) is 4.80. The lowest BCUT2D eigenvalue weighted by atomic mass is 9.94. The van der Waals surface area contributed by atoms with E-state index in [2.05, 4.69) is 17.6 Å². The highest BCUT2D eigenvalue weighted by molar-refractivity contribution is 5.81. The number of phenols is 1. The molecule has 4 heteroatoms. The number of piperidine rings is 1. The van der Waals surface area contributed by atoms with Crippen LogP contribution in [0.3, 0.4) is 0 Å². The summed E-state index contributed by atoms with van der Waals surface area (Å²) in [5, 5.41) is 15.4. The van der Waals surface area contributed by atoms with Gasteiger partial charge >= 0.3 is 0 Å². The van der Waals surface area contributed by atoms with Crippen molar-refractivity contribution in [1.29, 1.82) is 0 Å². The van der Waals surface area contributed by atoms with Crippen molar-refractivity contribution in [3.63, 3.8) is 0 Å². The molecule has 104 valence electrons. The Morgan fingerprint density at radius 2 is 2.16 bits per heavy atom. The lowest BCUT2D eigenvalue weighted by Gasteiger charge is -2.27. The lowest BCUT2D eigenvalue weighted by molar-refractivity contribution is -0.124. The van der Waals surface area contributed by atoms with E-state index in [9.17, 15) is 9.90 Å². The van der Waals surface area contributed by atoms with Gasteiger partial charge in [0, 0.05) is 6.54 Å². The fourth-order valence-electron chi connectivity index (χ4n) is 2.42. The number of hydrogen-bond donors (Lipinski definition) is 3. The SMILES string of the molecule is CC1CCNC(C(=O)NCCc2ccc(O)cc2)C1. The van der Waals surface area contributed by atoms with Crippen molar-refractivity contribution in [1.82, 2.24) is 10.6 Å². The predicted molar refractivity (Wildman–Crippen MR) is 75.0 cm³/mol. The number of carbonyl (C=O) groups excluding carboxylic acids is 1. The molecule has 19 heavy (non-hydrogen) atoms. The molecule has 1 amide bonds. The summed E-state index contributed by atoms with van der Waals surface area (Å²) in [6.07, 6.45) is 2.86. The summed E-state index contributed by atoms with van der Waals surface area (Å²) in [6.45, 7) is 3.75. The zero-order valence-corrected chi connectivity index (χ0v) is 11.4. The summed E-state index contributed by atoms with van der Waals surface area (Å²) in [7, 11) is 0. The molecule has 1 aromatic rings. The number of carbonyl (C=O) groups is 1. The molecular formula is C15H22N2O2. The second-order valence-electron chi connectivity index (χ2n) is 5.34. The van der Waals surface area contributed by atoms with Crippen LogP contribution in [-0.4, -0.2) is 30.1 Å². The van der Waals surface area contributed by atoms with Crippen molar-refractivity contribution < 1.29 is 9.90 Å². The molecule has 1 aliphatic rings. The predicted octanol–water partition coefficient (Wildman–Crippen LogP) is 1.44. The lowest BCUT2D eigenvalue weighted by Crippen LogP contribution is -2.48. The molecule has 1 heterocycles. The molecule has 0 aromatic heterocycles. The molecule has 1 saturated heterocycles. The van der Waals surface area contributed by atoms with Crippen molar-refractivity contribution >= 4 is 5.91 Å². The van der Waals surface area contributed by atoms with Gasteiger partial charge < -0.3 is 15.7 Å². The average Bonchev–Trinajstić information content (AvgIpc) is 2.41. The van der Waals surface area contributed by atoms with Gasteiger partial charge in [-0.15, -0.1) is 0 Å². The summed E-state index contributed by atoms with van der Waals surface area (Å²) < 4.78 is 0. The molecule has 4 nitrogen and oxygen atoms in total.